The van der Waals surface area contributed by atoms with Crippen molar-refractivity contribution in [1.29, 1.82) is 0 Å². The Morgan fingerprint density at radius 3 is 2.47 bits per heavy atom. The topological polar surface area (TPSA) is 38.7 Å². The van der Waals surface area contributed by atoms with E-state index in [-0.39, 0.29) is 18.1 Å². The van der Waals surface area contributed by atoms with Gasteiger partial charge in [-0.15, -0.1) is 0 Å². The molecule has 0 aromatic rings. The fraction of sp³-hybridized carbons (Fsp3) is 1.00. The van der Waals surface area contributed by atoms with Crippen LogP contribution in [0.1, 0.15) is 20.8 Å². The Morgan fingerprint density at radius 1 is 1.47 bits per heavy atom. The summed E-state index contributed by atoms with van der Waals surface area (Å²) in [6, 6.07) is 0. The van der Waals surface area contributed by atoms with Crippen molar-refractivity contribution in [3.05, 3.63) is 0 Å². The number of aliphatic hydroxyl groups is 1. The van der Waals surface area contributed by atoms with E-state index in [1.165, 1.54) is 0 Å². The molecule has 0 aromatic heterocycles. The smallest absolute Gasteiger partial charge is 0.189 e. The van der Waals surface area contributed by atoms with Crippen molar-refractivity contribution >= 4 is 8.32 Å². The van der Waals surface area contributed by atoms with E-state index in [0.29, 0.717) is 18.8 Å². The molecule has 1 aliphatic heterocycles. The van der Waals surface area contributed by atoms with Crippen LogP contribution < -0.4 is 0 Å². The van der Waals surface area contributed by atoms with E-state index in [4.69, 9.17) is 9.16 Å². The van der Waals surface area contributed by atoms with Crippen molar-refractivity contribution in [1.82, 2.24) is 0 Å². The van der Waals surface area contributed by atoms with Crippen molar-refractivity contribution in [2.24, 2.45) is 5.92 Å². The highest BCUT2D eigenvalue weighted by Crippen LogP contribution is 2.25. The molecule has 3 atom stereocenters. The van der Waals surface area contributed by atoms with Gasteiger partial charge in [-0.1, -0.05) is 20.8 Å². The van der Waals surface area contributed by atoms with Crippen LogP contribution in [0.3, 0.4) is 0 Å². The Labute approximate surface area is 93.9 Å². The van der Waals surface area contributed by atoms with Crippen LogP contribution in [0, 0.1) is 5.92 Å². The molecule has 1 aliphatic rings. The maximum Gasteiger partial charge on any atom is 0.189 e. The van der Waals surface area contributed by atoms with Crippen molar-refractivity contribution in [3.63, 3.8) is 0 Å². The lowest BCUT2D eigenvalue weighted by Gasteiger charge is -2.29. The fourth-order valence-electron chi connectivity index (χ4n) is 1.45. The Hall–Kier alpha value is 0.0969. The molecule has 3 unspecified atom stereocenters. The zero-order valence-corrected chi connectivity index (χ0v) is 11.5. The second-order valence-corrected chi connectivity index (χ2v) is 10.1. The first kappa shape index (κ1) is 13.2. The van der Waals surface area contributed by atoms with E-state index < -0.39 is 8.32 Å². The van der Waals surface area contributed by atoms with Crippen LogP contribution in [0.15, 0.2) is 0 Å². The molecule has 1 heterocycles. The number of hydrogen-bond donors (Lipinski definition) is 1. The van der Waals surface area contributed by atoms with Gasteiger partial charge < -0.3 is 14.3 Å². The molecule has 1 N–H and O–H groups in total. The first-order valence-corrected chi connectivity index (χ1v) is 8.76. The van der Waals surface area contributed by atoms with Crippen LogP contribution in [0.25, 0.3) is 0 Å². The van der Waals surface area contributed by atoms with Crippen LogP contribution in [0.2, 0.25) is 18.6 Å². The Bertz CT molecular complexity index is 206. The molecule has 0 radical (unpaired) electrons. The molecule has 1 rings (SSSR count). The predicted molar refractivity (Wildman–Crippen MR) is 63.4 cm³/mol. The summed E-state index contributed by atoms with van der Waals surface area (Å²) in [6.07, 6.45) is -0.479. The summed E-state index contributed by atoms with van der Waals surface area (Å²) in [7, 11) is -1.59. The number of rotatable bonds is 4. The van der Waals surface area contributed by atoms with Crippen molar-refractivity contribution in [2.45, 2.75) is 51.6 Å². The largest absolute Gasteiger partial charge is 0.414 e. The highest BCUT2D eigenvalue weighted by atomic mass is 28.4. The Balaban J connectivity index is 2.38. The minimum absolute atomic E-state index is 0.120. The molecular formula is C11H24O3Si. The highest BCUT2D eigenvalue weighted by molar-refractivity contribution is 6.72. The lowest BCUT2D eigenvalue weighted by atomic mass is 10.1. The van der Waals surface area contributed by atoms with Gasteiger partial charge in [0.15, 0.2) is 8.32 Å². The molecule has 0 aromatic carbocycles. The van der Waals surface area contributed by atoms with Crippen LogP contribution >= 0.6 is 0 Å². The molecule has 0 spiro atoms. The lowest BCUT2D eigenvalue weighted by molar-refractivity contribution is 0.00618. The van der Waals surface area contributed by atoms with Gasteiger partial charge >= 0.3 is 0 Å². The zero-order valence-electron chi connectivity index (χ0n) is 10.5. The van der Waals surface area contributed by atoms with E-state index in [1.54, 1.807) is 0 Å². The van der Waals surface area contributed by atoms with Crippen LogP contribution in [0.5, 0.6) is 0 Å². The maximum absolute atomic E-state index is 9.80. The second-order valence-electron chi connectivity index (χ2n) is 5.41. The molecule has 4 heteroatoms. The van der Waals surface area contributed by atoms with Gasteiger partial charge in [0, 0.05) is 5.92 Å². The number of hydrogen-bond acceptors (Lipinski definition) is 3. The van der Waals surface area contributed by atoms with Crippen LogP contribution in [-0.2, 0) is 9.16 Å². The number of ether oxygens (including phenoxy) is 1. The minimum Gasteiger partial charge on any atom is -0.414 e. The quantitative estimate of drug-likeness (QED) is 0.754. The molecule has 0 saturated carbocycles. The van der Waals surface area contributed by atoms with Crippen LogP contribution in [-0.4, -0.2) is 38.8 Å². The normalized spacial score (nSPS) is 32.6. The van der Waals surface area contributed by atoms with Crippen molar-refractivity contribution in [3.8, 4) is 0 Å². The van der Waals surface area contributed by atoms with E-state index in [9.17, 15) is 5.11 Å². The molecule has 90 valence electrons. The molecule has 0 aliphatic carbocycles. The molecule has 1 fully saturated rings. The summed E-state index contributed by atoms with van der Waals surface area (Å²) in [6.45, 7) is 12.0. The molecule has 3 nitrogen and oxygen atoms in total. The molecule has 0 amide bonds. The average molecular weight is 232 g/mol. The van der Waals surface area contributed by atoms with E-state index in [1.807, 2.05) is 6.92 Å². The van der Waals surface area contributed by atoms with Gasteiger partial charge in [0.1, 0.15) is 6.10 Å². The SMILES string of the molecule is CC1COC(CO[Si](C)(C)C(C)C)C1O. The first-order chi connectivity index (χ1) is 6.84. The molecule has 1 saturated heterocycles. The van der Waals surface area contributed by atoms with E-state index in [2.05, 4.69) is 26.9 Å². The summed E-state index contributed by atoms with van der Waals surface area (Å²) in [4.78, 5) is 0. The highest BCUT2D eigenvalue weighted by Gasteiger charge is 2.35. The van der Waals surface area contributed by atoms with Gasteiger partial charge in [0.2, 0.25) is 0 Å². The van der Waals surface area contributed by atoms with Crippen molar-refractivity contribution in [2.75, 3.05) is 13.2 Å². The lowest BCUT2D eigenvalue weighted by Crippen LogP contribution is -2.39. The van der Waals surface area contributed by atoms with Gasteiger partial charge in [-0.2, -0.15) is 0 Å². The summed E-state index contributed by atoms with van der Waals surface area (Å²) in [5.74, 6) is 0.238. The second kappa shape index (κ2) is 4.95. The summed E-state index contributed by atoms with van der Waals surface area (Å²) in [5.41, 5.74) is 0.591. The van der Waals surface area contributed by atoms with Crippen LogP contribution in [0.4, 0.5) is 0 Å². The minimum atomic E-state index is -1.59. The third-order valence-electron chi connectivity index (χ3n) is 3.55. The third-order valence-corrected chi connectivity index (χ3v) is 7.24. The van der Waals surface area contributed by atoms with Gasteiger partial charge in [-0.3, -0.25) is 0 Å². The monoisotopic (exact) mass is 232 g/mol. The van der Waals surface area contributed by atoms with Gasteiger partial charge in [0.25, 0.3) is 0 Å². The first-order valence-electron chi connectivity index (χ1n) is 5.78. The van der Waals surface area contributed by atoms with Gasteiger partial charge in [0.05, 0.1) is 19.3 Å². The Kier molecular flexibility index (Phi) is 4.35. The zero-order chi connectivity index (χ0) is 11.6. The van der Waals surface area contributed by atoms with Gasteiger partial charge in [-0.05, 0) is 18.6 Å². The van der Waals surface area contributed by atoms with Crippen molar-refractivity contribution < 1.29 is 14.3 Å². The van der Waals surface area contributed by atoms with E-state index in [0.717, 1.165) is 0 Å². The van der Waals surface area contributed by atoms with E-state index >= 15 is 0 Å². The molecular weight excluding hydrogens is 208 g/mol. The van der Waals surface area contributed by atoms with Gasteiger partial charge in [-0.25, -0.2) is 0 Å². The molecule has 0 bridgehead atoms. The summed E-state index contributed by atoms with van der Waals surface area (Å²) < 4.78 is 11.4. The number of aliphatic hydroxyl groups excluding tert-OH is 1. The average Bonchev–Trinajstić information content (AvgIpc) is 2.45. The maximum atomic E-state index is 9.80. The predicted octanol–water partition coefficient (Wildman–Crippen LogP) is 2.01. The summed E-state index contributed by atoms with van der Waals surface area (Å²) in [5, 5.41) is 9.80. The standard InChI is InChI=1S/C11H24O3Si/c1-8(2)15(4,5)14-7-10-11(12)9(3)6-13-10/h8-12H,6-7H2,1-5H3. The third kappa shape index (κ3) is 3.28. The fourth-order valence-corrected chi connectivity index (χ4v) is 2.38. The Morgan fingerprint density at radius 2 is 2.07 bits per heavy atom. The summed E-state index contributed by atoms with van der Waals surface area (Å²) >= 11 is 0. The molecule has 15 heavy (non-hydrogen) atoms.